The third kappa shape index (κ3) is 4.48. The Morgan fingerprint density at radius 1 is 1.30 bits per heavy atom. The minimum Gasteiger partial charge on any atom is -0.466 e. The molecule has 0 saturated carbocycles. The molecule has 2 aromatic rings. The highest BCUT2D eigenvalue weighted by atomic mass is 32.1. The first-order valence-corrected chi connectivity index (χ1v) is 7.99. The Morgan fingerprint density at radius 3 is 2.61 bits per heavy atom. The third-order valence-corrected chi connectivity index (χ3v) is 3.76. The van der Waals surface area contributed by atoms with Gasteiger partial charge in [0.1, 0.15) is 16.4 Å². The zero-order valence-electron chi connectivity index (χ0n) is 13.4. The standard InChI is InChI=1S/C16H18FNO4S/c1-5-21-14(19)8-13-18-11-6-9(10(17)7-12(11)23-13)15(20)22-16(2,3)4/h6-7H,5,8H2,1-4H3. The van der Waals surface area contributed by atoms with E-state index in [0.29, 0.717) is 21.8 Å². The Hall–Kier alpha value is -2.02. The van der Waals surface area contributed by atoms with Gasteiger partial charge in [-0.2, -0.15) is 0 Å². The third-order valence-electron chi connectivity index (χ3n) is 2.74. The van der Waals surface area contributed by atoms with Crippen molar-refractivity contribution in [2.24, 2.45) is 0 Å². The molecule has 1 aromatic heterocycles. The van der Waals surface area contributed by atoms with Crippen LogP contribution in [0.25, 0.3) is 10.2 Å². The first-order chi connectivity index (χ1) is 10.7. The summed E-state index contributed by atoms with van der Waals surface area (Å²) in [6, 6.07) is 2.59. The van der Waals surface area contributed by atoms with Gasteiger partial charge in [0, 0.05) is 0 Å². The van der Waals surface area contributed by atoms with Crippen molar-refractivity contribution in [1.29, 1.82) is 0 Å². The summed E-state index contributed by atoms with van der Waals surface area (Å²) in [5.41, 5.74) is -0.424. The zero-order chi connectivity index (χ0) is 17.2. The SMILES string of the molecule is CCOC(=O)Cc1nc2cc(C(=O)OC(C)(C)C)c(F)cc2s1. The number of hydrogen-bond acceptors (Lipinski definition) is 6. The molecule has 0 spiro atoms. The lowest BCUT2D eigenvalue weighted by molar-refractivity contribution is -0.142. The summed E-state index contributed by atoms with van der Waals surface area (Å²) in [6.45, 7) is 7.14. The molecule has 0 radical (unpaired) electrons. The molecule has 0 N–H and O–H groups in total. The molecule has 23 heavy (non-hydrogen) atoms. The number of rotatable bonds is 4. The normalized spacial score (nSPS) is 11.5. The van der Waals surface area contributed by atoms with Crippen LogP contribution in [-0.4, -0.2) is 29.1 Å². The van der Waals surface area contributed by atoms with Crippen LogP contribution in [-0.2, 0) is 20.7 Å². The number of benzene rings is 1. The van der Waals surface area contributed by atoms with Crippen LogP contribution in [0.5, 0.6) is 0 Å². The predicted octanol–water partition coefficient (Wildman–Crippen LogP) is 3.50. The molecule has 0 atom stereocenters. The summed E-state index contributed by atoms with van der Waals surface area (Å²) in [6.07, 6.45) is 0.0244. The quantitative estimate of drug-likeness (QED) is 0.798. The lowest BCUT2D eigenvalue weighted by Crippen LogP contribution is -2.24. The number of hydrogen-bond donors (Lipinski definition) is 0. The molecule has 0 unspecified atom stereocenters. The number of carbonyl (C=O) groups excluding carboxylic acids is 2. The molecule has 0 aliphatic rings. The smallest absolute Gasteiger partial charge is 0.341 e. The molecule has 1 aromatic carbocycles. The van der Waals surface area contributed by atoms with Gasteiger partial charge in [0.2, 0.25) is 0 Å². The van der Waals surface area contributed by atoms with Crippen LogP contribution in [0.2, 0.25) is 0 Å². The molecule has 2 rings (SSSR count). The Kier molecular flexibility index (Phi) is 4.99. The number of esters is 2. The number of carbonyl (C=O) groups is 2. The highest BCUT2D eigenvalue weighted by molar-refractivity contribution is 7.18. The van der Waals surface area contributed by atoms with Gasteiger partial charge in [0.15, 0.2) is 0 Å². The van der Waals surface area contributed by atoms with E-state index in [1.54, 1.807) is 27.7 Å². The predicted molar refractivity (Wildman–Crippen MR) is 85.1 cm³/mol. The topological polar surface area (TPSA) is 65.5 Å². The van der Waals surface area contributed by atoms with Crippen molar-refractivity contribution in [2.45, 2.75) is 39.7 Å². The minimum absolute atomic E-state index is 0.0244. The fourth-order valence-corrected chi connectivity index (χ4v) is 2.86. The number of thiazole rings is 1. The molecule has 0 saturated heterocycles. The van der Waals surface area contributed by atoms with E-state index in [9.17, 15) is 14.0 Å². The monoisotopic (exact) mass is 339 g/mol. The lowest BCUT2D eigenvalue weighted by atomic mass is 10.1. The van der Waals surface area contributed by atoms with Crippen molar-refractivity contribution < 1.29 is 23.5 Å². The fraction of sp³-hybridized carbons (Fsp3) is 0.438. The van der Waals surface area contributed by atoms with Crippen LogP contribution in [0.3, 0.4) is 0 Å². The molecule has 1 heterocycles. The minimum atomic E-state index is -0.739. The van der Waals surface area contributed by atoms with E-state index < -0.39 is 17.4 Å². The highest BCUT2D eigenvalue weighted by Crippen LogP contribution is 2.26. The second-order valence-corrected chi connectivity index (χ2v) is 7.01. The Bertz CT molecular complexity index is 748. The van der Waals surface area contributed by atoms with Gasteiger partial charge in [0.25, 0.3) is 0 Å². The van der Waals surface area contributed by atoms with E-state index in [1.807, 2.05) is 0 Å². The first-order valence-electron chi connectivity index (χ1n) is 7.17. The summed E-state index contributed by atoms with van der Waals surface area (Å²) in [7, 11) is 0. The van der Waals surface area contributed by atoms with Gasteiger partial charge in [-0.15, -0.1) is 11.3 Å². The number of fused-ring (bicyclic) bond motifs is 1. The Balaban J connectivity index is 2.30. The molecule has 0 fully saturated rings. The largest absolute Gasteiger partial charge is 0.466 e. The van der Waals surface area contributed by atoms with Crippen LogP contribution >= 0.6 is 11.3 Å². The van der Waals surface area contributed by atoms with E-state index in [2.05, 4.69) is 4.98 Å². The van der Waals surface area contributed by atoms with Crippen LogP contribution in [0.4, 0.5) is 4.39 Å². The maximum Gasteiger partial charge on any atom is 0.341 e. The van der Waals surface area contributed by atoms with Gasteiger partial charge >= 0.3 is 11.9 Å². The van der Waals surface area contributed by atoms with E-state index in [4.69, 9.17) is 9.47 Å². The first kappa shape index (κ1) is 17.3. The molecule has 7 heteroatoms. The maximum atomic E-state index is 14.1. The van der Waals surface area contributed by atoms with Gasteiger partial charge < -0.3 is 9.47 Å². The van der Waals surface area contributed by atoms with E-state index in [1.165, 1.54) is 23.5 Å². The van der Waals surface area contributed by atoms with Crippen molar-refractivity contribution >= 4 is 33.5 Å². The fourth-order valence-electron chi connectivity index (χ4n) is 1.90. The van der Waals surface area contributed by atoms with E-state index in [0.717, 1.165) is 0 Å². The second kappa shape index (κ2) is 6.62. The average Bonchev–Trinajstić information content (AvgIpc) is 2.76. The van der Waals surface area contributed by atoms with E-state index >= 15 is 0 Å². The van der Waals surface area contributed by atoms with Gasteiger partial charge in [0.05, 0.1) is 28.8 Å². The van der Waals surface area contributed by atoms with Crippen LogP contribution in [0.1, 0.15) is 43.1 Å². The highest BCUT2D eigenvalue weighted by Gasteiger charge is 2.22. The summed E-state index contributed by atoms with van der Waals surface area (Å²) < 4.78 is 24.7. The Morgan fingerprint density at radius 2 is 2.00 bits per heavy atom. The number of nitrogens with zero attached hydrogens (tertiary/aromatic N) is 1. The molecule has 0 aliphatic carbocycles. The van der Waals surface area contributed by atoms with Gasteiger partial charge in [-0.05, 0) is 39.8 Å². The van der Waals surface area contributed by atoms with Gasteiger partial charge in [-0.25, -0.2) is 14.2 Å². The summed E-state index contributed by atoms with van der Waals surface area (Å²) in [5, 5.41) is 0.513. The lowest BCUT2D eigenvalue weighted by Gasteiger charge is -2.19. The summed E-state index contributed by atoms with van der Waals surface area (Å²) in [5.74, 6) is -1.80. The van der Waals surface area contributed by atoms with Crippen LogP contribution < -0.4 is 0 Å². The van der Waals surface area contributed by atoms with Crippen molar-refractivity contribution in [2.75, 3.05) is 6.61 Å². The molecular formula is C16H18FNO4S. The van der Waals surface area contributed by atoms with Gasteiger partial charge in [-0.3, -0.25) is 4.79 Å². The van der Waals surface area contributed by atoms with Crippen molar-refractivity contribution in [3.8, 4) is 0 Å². The van der Waals surface area contributed by atoms with Crippen molar-refractivity contribution in [3.63, 3.8) is 0 Å². The van der Waals surface area contributed by atoms with Crippen LogP contribution in [0, 0.1) is 5.82 Å². The summed E-state index contributed by atoms with van der Waals surface area (Å²) in [4.78, 5) is 27.8. The van der Waals surface area contributed by atoms with Crippen LogP contribution in [0.15, 0.2) is 12.1 Å². The molecule has 0 amide bonds. The number of ether oxygens (including phenoxy) is 2. The molecular weight excluding hydrogens is 321 g/mol. The van der Waals surface area contributed by atoms with E-state index in [-0.39, 0.29) is 18.0 Å². The molecule has 0 bridgehead atoms. The summed E-state index contributed by atoms with van der Waals surface area (Å²) >= 11 is 1.20. The van der Waals surface area contributed by atoms with Gasteiger partial charge in [-0.1, -0.05) is 0 Å². The number of halogens is 1. The van der Waals surface area contributed by atoms with Crippen molar-refractivity contribution in [1.82, 2.24) is 4.98 Å². The Labute approximate surface area is 137 Å². The zero-order valence-corrected chi connectivity index (χ0v) is 14.3. The molecule has 5 nitrogen and oxygen atoms in total. The molecule has 124 valence electrons. The maximum absolute atomic E-state index is 14.1. The second-order valence-electron chi connectivity index (χ2n) is 5.89. The molecule has 0 aliphatic heterocycles. The number of aromatic nitrogens is 1. The van der Waals surface area contributed by atoms with Crippen molar-refractivity contribution in [3.05, 3.63) is 28.5 Å². The average molecular weight is 339 g/mol.